The van der Waals surface area contributed by atoms with Gasteiger partial charge in [-0.15, -0.1) is 11.8 Å². The van der Waals surface area contributed by atoms with Gasteiger partial charge in [-0.25, -0.2) is 9.78 Å². The number of thiazole rings is 1. The van der Waals surface area contributed by atoms with E-state index in [9.17, 15) is 14.4 Å². The van der Waals surface area contributed by atoms with Crippen LogP contribution in [0, 0.1) is 0 Å². The van der Waals surface area contributed by atoms with Crippen molar-refractivity contribution in [1.82, 2.24) is 4.98 Å². The molecule has 2 aromatic carbocycles. The van der Waals surface area contributed by atoms with E-state index in [-0.39, 0.29) is 11.5 Å². The molecule has 1 atom stereocenters. The van der Waals surface area contributed by atoms with Gasteiger partial charge in [0, 0.05) is 39.0 Å². The van der Waals surface area contributed by atoms with Crippen molar-refractivity contribution in [2.45, 2.75) is 24.0 Å². The van der Waals surface area contributed by atoms with Crippen molar-refractivity contribution < 1.29 is 19.5 Å². The molecule has 11 heteroatoms. The molecular formula is C23H19Cl2N3O4S2. The van der Waals surface area contributed by atoms with Crippen LogP contribution >= 0.6 is 46.3 Å². The summed E-state index contributed by atoms with van der Waals surface area (Å²) in [6.45, 7) is 3.12. The number of aromatic nitrogens is 1. The number of thioether (sulfide) groups is 1. The molecule has 7 nitrogen and oxygen atoms in total. The van der Waals surface area contributed by atoms with Crippen LogP contribution in [0.2, 0.25) is 10.0 Å². The molecule has 3 N–H and O–H groups in total. The van der Waals surface area contributed by atoms with Crippen molar-refractivity contribution in [3.05, 3.63) is 70.4 Å². The van der Waals surface area contributed by atoms with Gasteiger partial charge in [0.25, 0.3) is 0 Å². The lowest BCUT2D eigenvalue weighted by Gasteiger charge is -2.11. The number of nitrogens with one attached hydrogen (secondary N) is 2. The van der Waals surface area contributed by atoms with Gasteiger partial charge in [-0.1, -0.05) is 40.6 Å². The highest BCUT2D eigenvalue weighted by atomic mass is 35.5. The molecule has 1 aromatic heterocycles. The quantitative estimate of drug-likeness (QED) is 0.234. The minimum atomic E-state index is -1.16. The third-order valence-corrected chi connectivity index (χ3v) is 7.03. The van der Waals surface area contributed by atoms with Crippen LogP contribution in [0.25, 0.3) is 10.4 Å². The normalized spacial score (nSPS) is 12.2. The minimum Gasteiger partial charge on any atom is -0.478 e. The van der Waals surface area contributed by atoms with Gasteiger partial charge in [0.05, 0.1) is 15.1 Å². The second-order valence-electron chi connectivity index (χ2n) is 7.05. The summed E-state index contributed by atoms with van der Waals surface area (Å²) in [6.07, 6.45) is 2.66. The lowest BCUT2D eigenvalue weighted by atomic mass is 10.2. The second-order valence-corrected chi connectivity index (χ2v) is 10.3. The zero-order valence-corrected chi connectivity index (χ0v) is 21.1. The number of anilines is 2. The maximum Gasteiger partial charge on any atom is 0.331 e. The Bertz CT molecular complexity index is 1260. The molecule has 0 saturated carbocycles. The molecule has 0 bridgehead atoms. The number of carbonyl (C=O) groups is 3. The molecule has 3 rings (SSSR count). The van der Waals surface area contributed by atoms with Crippen molar-refractivity contribution >= 4 is 74.9 Å². The first-order valence-electron chi connectivity index (χ1n) is 9.84. The summed E-state index contributed by atoms with van der Waals surface area (Å²) in [5, 5.41) is 15.3. The Morgan fingerprint density at radius 2 is 1.82 bits per heavy atom. The first-order chi connectivity index (χ1) is 16.1. The van der Waals surface area contributed by atoms with Gasteiger partial charge in [-0.3, -0.25) is 9.59 Å². The number of carbonyl (C=O) groups excluding carboxylic acids is 2. The molecule has 0 saturated heterocycles. The van der Waals surface area contributed by atoms with E-state index in [4.69, 9.17) is 28.3 Å². The van der Waals surface area contributed by atoms with Crippen molar-refractivity contribution in [3.63, 3.8) is 0 Å². The average Bonchev–Trinajstić information content (AvgIpc) is 3.22. The Kier molecular flexibility index (Phi) is 8.73. The molecule has 0 radical (unpaired) electrons. The molecule has 3 aromatic rings. The molecule has 0 aliphatic heterocycles. The zero-order chi connectivity index (χ0) is 24.8. The average molecular weight is 536 g/mol. The summed E-state index contributed by atoms with van der Waals surface area (Å²) in [7, 11) is 0. The second kappa shape index (κ2) is 11.5. The van der Waals surface area contributed by atoms with E-state index in [2.05, 4.69) is 15.6 Å². The number of hydrogen-bond acceptors (Lipinski definition) is 6. The molecule has 176 valence electrons. The molecular weight excluding hydrogens is 517 g/mol. The van der Waals surface area contributed by atoms with Crippen LogP contribution in [0.3, 0.4) is 0 Å². The molecule has 0 unspecified atom stereocenters. The molecule has 2 amide bonds. The third kappa shape index (κ3) is 7.07. The van der Waals surface area contributed by atoms with Crippen LogP contribution in [-0.2, 0) is 14.4 Å². The highest BCUT2D eigenvalue weighted by Gasteiger charge is 2.17. The monoisotopic (exact) mass is 535 g/mol. The number of aliphatic carboxylic acids is 1. The van der Waals surface area contributed by atoms with Gasteiger partial charge in [0.15, 0.2) is 5.13 Å². The Labute approximate surface area is 214 Å². The van der Waals surface area contributed by atoms with Gasteiger partial charge in [-0.2, -0.15) is 0 Å². The lowest BCUT2D eigenvalue weighted by Crippen LogP contribution is -2.22. The fourth-order valence-corrected chi connectivity index (χ4v) is 4.96. The minimum absolute atomic E-state index is 0.0619. The fourth-order valence-electron chi connectivity index (χ4n) is 2.66. The van der Waals surface area contributed by atoms with Crippen LogP contribution in [0.15, 0.2) is 65.2 Å². The van der Waals surface area contributed by atoms with Crippen molar-refractivity contribution in [2.24, 2.45) is 0 Å². The Morgan fingerprint density at radius 1 is 1.12 bits per heavy atom. The van der Waals surface area contributed by atoms with Crippen LogP contribution in [0.5, 0.6) is 0 Å². The Hall–Kier alpha value is -2.85. The Balaban J connectivity index is 1.56. The number of benzene rings is 2. The Morgan fingerprint density at radius 3 is 2.47 bits per heavy atom. The summed E-state index contributed by atoms with van der Waals surface area (Å²) in [6, 6.07) is 12.1. The summed E-state index contributed by atoms with van der Waals surface area (Å²) >= 11 is 14.8. The van der Waals surface area contributed by atoms with Gasteiger partial charge < -0.3 is 15.7 Å². The van der Waals surface area contributed by atoms with Crippen LogP contribution in [0.4, 0.5) is 10.8 Å². The molecule has 0 aliphatic carbocycles. The number of rotatable bonds is 8. The standard InChI is InChI=1S/C23H19Cl2N3O4S2/c1-12(22(31)32)9-20(29)27-15-4-6-16(7-5-15)33-13(2)21(30)28-23-26-11-19(34-23)17-8-3-14(24)10-18(17)25/h3-11,13H,1-2H3,(H,27,29)(H,31,32)(H,26,28,30)/b12-9+/t13-/m0/s1. The number of carboxylic acid groups (broad SMARTS) is 1. The SMILES string of the molecule is C/C(=C\C(=O)Nc1ccc(S[C@@H](C)C(=O)Nc2ncc(-c3ccc(Cl)cc3Cl)s2)cc1)C(=O)O. The molecule has 1 heterocycles. The number of nitrogens with zero attached hydrogens (tertiary/aromatic N) is 1. The first kappa shape index (κ1) is 25.8. The van der Waals surface area contributed by atoms with Gasteiger partial charge in [0.1, 0.15) is 0 Å². The van der Waals surface area contributed by atoms with E-state index in [1.807, 2.05) is 0 Å². The highest BCUT2D eigenvalue weighted by molar-refractivity contribution is 8.00. The smallest absolute Gasteiger partial charge is 0.331 e. The number of carboxylic acids is 1. The predicted molar refractivity (Wildman–Crippen MR) is 138 cm³/mol. The molecule has 34 heavy (non-hydrogen) atoms. The van der Waals surface area contributed by atoms with E-state index in [0.717, 1.165) is 21.4 Å². The third-order valence-electron chi connectivity index (χ3n) is 4.42. The largest absolute Gasteiger partial charge is 0.478 e. The summed E-state index contributed by atoms with van der Waals surface area (Å²) in [5.41, 5.74) is 1.23. The first-order valence-corrected chi connectivity index (χ1v) is 12.3. The van der Waals surface area contributed by atoms with Crippen LogP contribution in [-0.4, -0.2) is 33.1 Å². The van der Waals surface area contributed by atoms with E-state index >= 15 is 0 Å². The molecule has 0 aliphatic rings. The van der Waals surface area contributed by atoms with E-state index in [1.165, 1.54) is 30.0 Å². The highest BCUT2D eigenvalue weighted by Crippen LogP contribution is 2.35. The van der Waals surface area contributed by atoms with Gasteiger partial charge in [0.2, 0.25) is 11.8 Å². The topological polar surface area (TPSA) is 108 Å². The number of hydrogen-bond donors (Lipinski definition) is 3. The van der Waals surface area contributed by atoms with Crippen molar-refractivity contribution in [2.75, 3.05) is 10.6 Å². The molecule has 0 spiro atoms. The zero-order valence-electron chi connectivity index (χ0n) is 18.0. The molecule has 0 fully saturated rings. The summed E-state index contributed by atoms with van der Waals surface area (Å²) in [5.74, 6) is -1.90. The van der Waals surface area contributed by atoms with Gasteiger partial charge in [-0.05, 0) is 50.2 Å². The van der Waals surface area contributed by atoms with E-state index in [1.54, 1.807) is 55.6 Å². The van der Waals surface area contributed by atoms with Gasteiger partial charge >= 0.3 is 5.97 Å². The predicted octanol–water partition coefficient (Wildman–Crippen LogP) is 6.21. The van der Waals surface area contributed by atoms with Crippen LogP contribution in [0.1, 0.15) is 13.8 Å². The number of amides is 2. The van der Waals surface area contributed by atoms with E-state index in [0.29, 0.717) is 20.9 Å². The van der Waals surface area contributed by atoms with E-state index < -0.39 is 17.1 Å². The summed E-state index contributed by atoms with van der Waals surface area (Å²) in [4.78, 5) is 41.2. The van der Waals surface area contributed by atoms with Crippen molar-refractivity contribution in [1.29, 1.82) is 0 Å². The number of halogens is 2. The van der Waals surface area contributed by atoms with Crippen molar-refractivity contribution in [3.8, 4) is 10.4 Å². The summed E-state index contributed by atoms with van der Waals surface area (Å²) < 4.78 is 0. The van der Waals surface area contributed by atoms with Crippen LogP contribution < -0.4 is 10.6 Å². The lowest BCUT2D eigenvalue weighted by molar-refractivity contribution is -0.132. The fraction of sp³-hybridized carbons (Fsp3) is 0.130. The maximum absolute atomic E-state index is 12.6. The maximum atomic E-state index is 12.6.